The van der Waals surface area contributed by atoms with Crippen molar-refractivity contribution in [2.24, 2.45) is 5.73 Å². The second-order valence-corrected chi connectivity index (χ2v) is 3.50. The van der Waals surface area contributed by atoms with E-state index in [1.807, 2.05) is 6.07 Å². The first-order chi connectivity index (χ1) is 7.72. The monoisotopic (exact) mass is 218 g/mol. The van der Waals surface area contributed by atoms with Crippen LogP contribution in [0.3, 0.4) is 0 Å². The Hall–Kier alpha value is -2.01. The number of benzene rings is 1. The Balaban J connectivity index is 2.51. The largest absolute Gasteiger partial charge is 0.506 e. The standard InChI is InChI=1S/C11H14N4O/c12-6-5-8-7-11(13)14-15(8)9-3-1-2-4-10(9)16/h1-4,7,16H,5-6,12H2,(H2,13,14). The molecule has 0 saturated carbocycles. The number of hydrogen-bond donors (Lipinski definition) is 3. The average molecular weight is 218 g/mol. The highest BCUT2D eigenvalue weighted by atomic mass is 16.3. The van der Waals surface area contributed by atoms with Gasteiger partial charge in [0.2, 0.25) is 0 Å². The number of nitrogens with two attached hydrogens (primary N) is 2. The Morgan fingerprint density at radius 2 is 2.06 bits per heavy atom. The lowest BCUT2D eigenvalue weighted by molar-refractivity contribution is 0.469. The average Bonchev–Trinajstić information content (AvgIpc) is 2.61. The van der Waals surface area contributed by atoms with E-state index in [4.69, 9.17) is 11.5 Å². The minimum Gasteiger partial charge on any atom is -0.506 e. The summed E-state index contributed by atoms with van der Waals surface area (Å²) in [5.74, 6) is 0.593. The quantitative estimate of drug-likeness (QED) is 0.706. The Kier molecular flexibility index (Phi) is 2.78. The Labute approximate surface area is 93.3 Å². The van der Waals surface area contributed by atoms with E-state index in [1.165, 1.54) is 0 Å². The van der Waals surface area contributed by atoms with Crippen molar-refractivity contribution in [3.05, 3.63) is 36.0 Å². The van der Waals surface area contributed by atoms with E-state index in [0.717, 1.165) is 5.69 Å². The van der Waals surface area contributed by atoms with Crippen LogP contribution in [0.15, 0.2) is 30.3 Å². The molecule has 2 rings (SSSR count). The fourth-order valence-corrected chi connectivity index (χ4v) is 1.62. The summed E-state index contributed by atoms with van der Waals surface area (Å²) in [5, 5.41) is 13.9. The van der Waals surface area contributed by atoms with Crippen LogP contribution in [0.4, 0.5) is 5.82 Å². The van der Waals surface area contributed by atoms with E-state index >= 15 is 0 Å². The molecule has 0 fully saturated rings. The number of rotatable bonds is 3. The molecule has 0 aliphatic heterocycles. The molecule has 5 N–H and O–H groups in total. The van der Waals surface area contributed by atoms with Crippen LogP contribution in [0.2, 0.25) is 0 Å². The van der Waals surface area contributed by atoms with Crippen LogP contribution in [0, 0.1) is 0 Å². The summed E-state index contributed by atoms with van der Waals surface area (Å²) >= 11 is 0. The molecule has 1 heterocycles. The van der Waals surface area contributed by atoms with E-state index in [0.29, 0.717) is 24.5 Å². The van der Waals surface area contributed by atoms with Crippen molar-refractivity contribution in [1.29, 1.82) is 0 Å². The molecule has 0 unspecified atom stereocenters. The highest BCUT2D eigenvalue weighted by molar-refractivity contribution is 5.47. The van der Waals surface area contributed by atoms with Gasteiger partial charge in [0.25, 0.3) is 0 Å². The van der Waals surface area contributed by atoms with Gasteiger partial charge in [-0.25, -0.2) is 4.68 Å². The van der Waals surface area contributed by atoms with E-state index in [9.17, 15) is 5.11 Å². The molecule has 2 aromatic rings. The smallest absolute Gasteiger partial charge is 0.146 e. The molecule has 0 radical (unpaired) electrons. The molecule has 0 atom stereocenters. The molecule has 5 nitrogen and oxygen atoms in total. The summed E-state index contributed by atoms with van der Waals surface area (Å²) in [6.45, 7) is 0.513. The summed E-state index contributed by atoms with van der Waals surface area (Å²) < 4.78 is 1.62. The Morgan fingerprint density at radius 3 is 2.75 bits per heavy atom. The lowest BCUT2D eigenvalue weighted by Gasteiger charge is -2.07. The van der Waals surface area contributed by atoms with Crippen molar-refractivity contribution < 1.29 is 5.11 Å². The number of phenols is 1. The summed E-state index contributed by atoms with van der Waals surface area (Å²) in [5.41, 5.74) is 12.7. The van der Waals surface area contributed by atoms with Crippen molar-refractivity contribution in [2.45, 2.75) is 6.42 Å². The number of aromatic nitrogens is 2. The van der Waals surface area contributed by atoms with Gasteiger partial charge in [-0.05, 0) is 18.7 Å². The number of para-hydroxylation sites is 2. The summed E-state index contributed by atoms with van der Waals surface area (Å²) in [6, 6.07) is 8.74. The van der Waals surface area contributed by atoms with Crippen molar-refractivity contribution >= 4 is 5.82 Å². The van der Waals surface area contributed by atoms with Gasteiger partial charge < -0.3 is 16.6 Å². The zero-order chi connectivity index (χ0) is 11.5. The second-order valence-electron chi connectivity index (χ2n) is 3.50. The fourth-order valence-electron chi connectivity index (χ4n) is 1.62. The predicted octanol–water partition coefficient (Wildman–Crippen LogP) is 0.661. The van der Waals surface area contributed by atoms with Gasteiger partial charge in [-0.3, -0.25) is 0 Å². The van der Waals surface area contributed by atoms with Crippen LogP contribution in [-0.2, 0) is 6.42 Å². The summed E-state index contributed by atoms with van der Waals surface area (Å²) in [4.78, 5) is 0. The SMILES string of the molecule is NCCc1cc(N)nn1-c1ccccc1O. The van der Waals surface area contributed by atoms with Crippen molar-refractivity contribution in [3.63, 3.8) is 0 Å². The number of phenolic OH excluding ortho intramolecular Hbond substituents is 1. The number of anilines is 1. The van der Waals surface area contributed by atoms with Crippen LogP contribution in [0.25, 0.3) is 5.69 Å². The molecule has 5 heteroatoms. The minimum atomic E-state index is 0.170. The molecule has 0 spiro atoms. The summed E-state index contributed by atoms with van der Waals surface area (Å²) in [7, 11) is 0. The van der Waals surface area contributed by atoms with E-state index in [2.05, 4.69) is 5.10 Å². The first-order valence-electron chi connectivity index (χ1n) is 5.05. The van der Waals surface area contributed by atoms with Gasteiger partial charge in [0, 0.05) is 18.2 Å². The normalized spacial score (nSPS) is 10.6. The maximum Gasteiger partial charge on any atom is 0.146 e. The van der Waals surface area contributed by atoms with Gasteiger partial charge >= 0.3 is 0 Å². The molecular formula is C11H14N4O. The van der Waals surface area contributed by atoms with Crippen molar-refractivity contribution in [2.75, 3.05) is 12.3 Å². The molecule has 1 aromatic heterocycles. The molecule has 16 heavy (non-hydrogen) atoms. The molecule has 0 aliphatic rings. The van der Waals surface area contributed by atoms with Gasteiger partial charge in [0.1, 0.15) is 17.3 Å². The van der Waals surface area contributed by atoms with E-state index in [-0.39, 0.29) is 5.75 Å². The third-order valence-corrected chi connectivity index (χ3v) is 2.31. The van der Waals surface area contributed by atoms with Gasteiger partial charge in [-0.15, -0.1) is 0 Å². The van der Waals surface area contributed by atoms with Crippen LogP contribution in [0.5, 0.6) is 5.75 Å². The Bertz CT molecular complexity index is 492. The molecule has 0 amide bonds. The maximum atomic E-state index is 9.73. The second kappa shape index (κ2) is 4.24. The van der Waals surface area contributed by atoms with Crippen molar-refractivity contribution in [3.8, 4) is 11.4 Å². The van der Waals surface area contributed by atoms with E-state index < -0.39 is 0 Å². The third kappa shape index (κ3) is 1.85. The van der Waals surface area contributed by atoms with Crippen LogP contribution in [-0.4, -0.2) is 21.4 Å². The maximum absolute atomic E-state index is 9.73. The van der Waals surface area contributed by atoms with Gasteiger partial charge in [-0.2, -0.15) is 5.10 Å². The molecule has 1 aromatic carbocycles. The third-order valence-electron chi connectivity index (χ3n) is 2.31. The highest BCUT2D eigenvalue weighted by Crippen LogP contribution is 2.22. The van der Waals surface area contributed by atoms with E-state index in [1.54, 1.807) is 28.9 Å². The topological polar surface area (TPSA) is 90.1 Å². The highest BCUT2D eigenvalue weighted by Gasteiger charge is 2.10. The van der Waals surface area contributed by atoms with Crippen LogP contribution < -0.4 is 11.5 Å². The lowest BCUT2D eigenvalue weighted by atomic mass is 10.2. The molecule has 84 valence electrons. The molecule has 0 aliphatic carbocycles. The first-order valence-corrected chi connectivity index (χ1v) is 5.05. The summed E-state index contributed by atoms with van der Waals surface area (Å²) in [6.07, 6.45) is 0.665. The number of hydrogen-bond acceptors (Lipinski definition) is 4. The first kappa shape index (κ1) is 10.5. The Morgan fingerprint density at radius 1 is 1.31 bits per heavy atom. The van der Waals surface area contributed by atoms with Crippen LogP contribution >= 0.6 is 0 Å². The molecular weight excluding hydrogens is 204 g/mol. The zero-order valence-corrected chi connectivity index (χ0v) is 8.80. The van der Waals surface area contributed by atoms with Gasteiger partial charge in [0.05, 0.1) is 0 Å². The fraction of sp³-hybridized carbons (Fsp3) is 0.182. The number of nitrogen functional groups attached to an aromatic ring is 1. The molecule has 0 bridgehead atoms. The molecule has 0 saturated heterocycles. The van der Waals surface area contributed by atoms with Crippen molar-refractivity contribution in [1.82, 2.24) is 9.78 Å². The lowest BCUT2D eigenvalue weighted by Crippen LogP contribution is -2.08. The van der Waals surface area contributed by atoms with Gasteiger partial charge in [-0.1, -0.05) is 12.1 Å². The number of aromatic hydroxyl groups is 1. The minimum absolute atomic E-state index is 0.170. The van der Waals surface area contributed by atoms with Gasteiger partial charge in [0.15, 0.2) is 0 Å². The number of nitrogens with zero attached hydrogens (tertiary/aromatic N) is 2. The zero-order valence-electron chi connectivity index (χ0n) is 8.80. The predicted molar refractivity (Wildman–Crippen MR) is 62.4 cm³/mol. The van der Waals surface area contributed by atoms with Crippen LogP contribution in [0.1, 0.15) is 5.69 Å².